The van der Waals surface area contributed by atoms with Crippen LogP contribution in [0.15, 0.2) is 30.3 Å². The Morgan fingerprint density at radius 3 is 2.64 bits per heavy atom. The summed E-state index contributed by atoms with van der Waals surface area (Å²) in [7, 11) is 0. The van der Waals surface area contributed by atoms with E-state index >= 15 is 0 Å². The van der Waals surface area contributed by atoms with Gasteiger partial charge in [-0.3, -0.25) is 0 Å². The summed E-state index contributed by atoms with van der Waals surface area (Å²) in [5.41, 5.74) is 0.418. The van der Waals surface area contributed by atoms with Gasteiger partial charge in [0.25, 0.3) is 0 Å². The highest BCUT2D eigenvalue weighted by Gasteiger charge is 2.27. The summed E-state index contributed by atoms with van der Waals surface area (Å²) in [5, 5.41) is 5.09. The number of benzene rings is 1. The number of nitrogens with zero attached hydrogens (tertiary/aromatic N) is 2. The normalized spacial score (nSPS) is 16.1. The number of ether oxygens (including phenoxy) is 1. The number of carbonyl (C=O) groups excluding carboxylic acids is 1. The van der Waals surface area contributed by atoms with Crippen LogP contribution >= 0.6 is 11.6 Å². The molecule has 1 aliphatic rings. The van der Waals surface area contributed by atoms with Crippen LogP contribution in [0.2, 0.25) is 5.02 Å². The molecule has 0 aliphatic carbocycles. The topological polar surface area (TPSA) is 54.5 Å². The molecule has 0 atom stereocenters. The van der Waals surface area contributed by atoms with Crippen LogP contribution in [0.3, 0.4) is 0 Å². The minimum atomic E-state index is -0.460. The average Bonchev–Trinajstić information content (AvgIpc) is 2.54. The fourth-order valence-corrected chi connectivity index (χ4v) is 3.21. The zero-order valence-corrected chi connectivity index (χ0v) is 15.6. The molecule has 0 saturated carbocycles. The van der Waals surface area contributed by atoms with E-state index < -0.39 is 5.60 Å². The fourth-order valence-electron chi connectivity index (χ4n) is 2.95. The van der Waals surface area contributed by atoms with E-state index in [9.17, 15) is 4.79 Å². The first-order valence-electron chi connectivity index (χ1n) is 8.61. The van der Waals surface area contributed by atoms with Gasteiger partial charge in [0.2, 0.25) is 0 Å². The van der Waals surface area contributed by atoms with Gasteiger partial charge in [0.05, 0.1) is 10.5 Å². The lowest BCUT2D eigenvalue weighted by Gasteiger charge is -2.34. The Morgan fingerprint density at radius 2 is 1.96 bits per heavy atom. The van der Waals surface area contributed by atoms with Gasteiger partial charge in [0, 0.05) is 24.5 Å². The molecule has 134 valence electrons. The van der Waals surface area contributed by atoms with Gasteiger partial charge in [-0.05, 0) is 45.7 Å². The van der Waals surface area contributed by atoms with E-state index in [4.69, 9.17) is 16.3 Å². The van der Waals surface area contributed by atoms with E-state index in [1.165, 1.54) is 0 Å². The Hall–Kier alpha value is -2.01. The maximum Gasteiger partial charge on any atom is 0.410 e. The van der Waals surface area contributed by atoms with E-state index in [0.717, 1.165) is 29.6 Å². The Labute approximate surface area is 153 Å². The molecule has 0 bridgehead atoms. The van der Waals surface area contributed by atoms with Crippen LogP contribution in [-0.4, -0.2) is 40.7 Å². The molecule has 6 heteroatoms. The van der Waals surface area contributed by atoms with E-state index in [1.807, 2.05) is 51.1 Å². The highest BCUT2D eigenvalue weighted by atomic mass is 35.5. The van der Waals surface area contributed by atoms with Crippen LogP contribution < -0.4 is 5.32 Å². The van der Waals surface area contributed by atoms with Crippen LogP contribution in [0.1, 0.15) is 33.6 Å². The lowest BCUT2D eigenvalue weighted by atomic mass is 10.1. The molecule has 0 radical (unpaired) electrons. The standard InChI is InChI=1S/C19H24ClN3O2/c1-19(2,3)25-18(24)23-10-8-13(9-11-23)21-17-12-15(20)14-6-4-5-7-16(14)22-17/h4-7,12-13H,8-11H2,1-3H3,(H,21,22). The average molecular weight is 362 g/mol. The number of carbonyl (C=O) groups is 1. The zero-order valence-electron chi connectivity index (χ0n) is 14.9. The summed E-state index contributed by atoms with van der Waals surface area (Å²) >= 11 is 6.36. The molecule has 1 aliphatic heterocycles. The molecule has 5 nitrogen and oxygen atoms in total. The van der Waals surface area contributed by atoms with Crippen LogP contribution in [0.5, 0.6) is 0 Å². The molecular formula is C19H24ClN3O2. The second-order valence-electron chi connectivity index (χ2n) is 7.39. The third-order valence-corrected chi connectivity index (χ3v) is 4.48. The fraction of sp³-hybridized carbons (Fsp3) is 0.474. The Kier molecular flexibility index (Phi) is 5.04. The Morgan fingerprint density at radius 1 is 1.28 bits per heavy atom. The molecule has 2 aromatic rings. The van der Waals surface area contributed by atoms with Crippen LogP contribution in [0.25, 0.3) is 10.9 Å². The molecule has 3 rings (SSSR count). The third-order valence-electron chi connectivity index (χ3n) is 4.16. The van der Waals surface area contributed by atoms with Crippen molar-refractivity contribution in [3.8, 4) is 0 Å². The number of anilines is 1. The van der Waals surface area contributed by atoms with Gasteiger partial charge < -0.3 is 15.0 Å². The summed E-state index contributed by atoms with van der Waals surface area (Å²) in [6.45, 7) is 7.00. The number of halogens is 1. The predicted octanol–water partition coefficient (Wildman–Crippen LogP) is 4.70. The number of fused-ring (bicyclic) bond motifs is 1. The summed E-state index contributed by atoms with van der Waals surface area (Å²) in [5.74, 6) is 0.777. The van der Waals surface area contributed by atoms with Gasteiger partial charge in [-0.25, -0.2) is 9.78 Å². The number of hydrogen-bond acceptors (Lipinski definition) is 4. The first kappa shape index (κ1) is 17.8. The molecule has 1 amide bonds. The molecular weight excluding hydrogens is 338 g/mol. The van der Waals surface area contributed by atoms with E-state index in [2.05, 4.69) is 10.3 Å². The van der Waals surface area contributed by atoms with E-state index in [-0.39, 0.29) is 12.1 Å². The number of pyridine rings is 1. The van der Waals surface area contributed by atoms with Gasteiger partial charge in [0.1, 0.15) is 11.4 Å². The molecule has 1 saturated heterocycles. The van der Waals surface area contributed by atoms with Crippen molar-refractivity contribution in [1.82, 2.24) is 9.88 Å². The second-order valence-corrected chi connectivity index (χ2v) is 7.80. The summed E-state index contributed by atoms with van der Waals surface area (Å²) < 4.78 is 5.43. The SMILES string of the molecule is CC(C)(C)OC(=O)N1CCC(Nc2cc(Cl)c3ccccc3n2)CC1. The predicted molar refractivity (Wildman–Crippen MR) is 101 cm³/mol. The smallest absolute Gasteiger partial charge is 0.410 e. The van der Waals surface area contributed by atoms with E-state index in [1.54, 1.807) is 4.90 Å². The quantitative estimate of drug-likeness (QED) is 0.842. The monoisotopic (exact) mass is 361 g/mol. The number of para-hydroxylation sites is 1. The van der Waals surface area contributed by atoms with Gasteiger partial charge in [-0.2, -0.15) is 0 Å². The molecule has 1 aromatic heterocycles. The van der Waals surface area contributed by atoms with Crippen molar-refractivity contribution < 1.29 is 9.53 Å². The van der Waals surface area contributed by atoms with Gasteiger partial charge in [-0.15, -0.1) is 0 Å². The lowest BCUT2D eigenvalue weighted by molar-refractivity contribution is 0.0210. The van der Waals surface area contributed by atoms with Crippen molar-refractivity contribution in [1.29, 1.82) is 0 Å². The minimum absolute atomic E-state index is 0.238. The molecule has 0 unspecified atom stereocenters. The minimum Gasteiger partial charge on any atom is -0.444 e. The molecule has 1 aromatic carbocycles. The number of piperidine rings is 1. The van der Waals surface area contributed by atoms with Crippen molar-refractivity contribution in [2.45, 2.75) is 45.3 Å². The van der Waals surface area contributed by atoms with Crippen molar-refractivity contribution in [2.75, 3.05) is 18.4 Å². The van der Waals surface area contributed by atoms with Crippen molar-refractivity contribution >= 4 is 34.4 Å². The maximum atomic E-state index is 12.1. The van der Waals surface area contributed by atoms with Crippen LogP contribution in [0.4, 0.5) is 10.6 Å². The van der Waals surface area contributed by atoms with Gasteiger partial charge in [-0.1, -0.05) is 29.8 Å². The molecule has 0 spiro atoms. The number of likely N-dealkylation sites (tertiary alicyclic amines) is 1. The third kappa shape index (κ3) is 4.54. The van der Waals surface area contributed by atoms with Crippen molar-refractivity contribution in [3.63, 3.8) is 0 Å². The second kappa shape index (κ2) is 7.08. The first-order chi connectivity index (χ1) is 11.8. The lowest BCUT2D eigenvalue weighted by Crippen LogP contribution is -2.44. The first-order valence-corrected chi connectivity index (χ1v) is 8.99. The van der Waals surface area contributed by atoms with Gasteiger partial charge in [0.15, 0.2) is 0 Å². The number of nitrogens with one attached hydrogen (secondary N) is 1. The maximum absolute atomic E-state index is 12.1. The van der Waals surface area contributed by atoms with Crippen molar-refractivity contribution in [2.24, 2.45) is 0 Å². The molecule has 2 heterocycles. The van der Waals surface area contributed by atoms with Crippen LogP contribution in [-0.2, 0) is 4.74 Å². The highest BCUT2D eigenvalue weighted by Crippen LogP contribution is 2.26. The summed E-state index contributed by atoms with van der Waals surface area (Å²) in [6.07, 6.45) is 1.47. The Balaban J connectivity index is 1.60. The summed E-state index contributed by atoms with van der Waals surface area (Å²) in [4.78, 5) is 18.5. The van der Waals surface area contributed by atoms with Gasteiger partial charge >= 0.3 is 6.09 Å². The number of hydrogen-bond donors (Lipinski definition) is 1. The molecule has 1 fully saturated rings. The molecule has 1 N–H and O–H groups in total. The van der Waals surface area contributed by atoms with E-state index in [0.29, 0.717) is 18.1 Å². The number of amides is 1. The number of rotatable bonds is 2. The summed E-state index contributed by atoms with van der Waals surface area (Å²) in [6, 6.07) is 9.96. The largest absolute Gasteiger partial charge is 0.444 e. The highest BCUT2D eigenvalue weighted by molar-refractivity contribution is 6.35. The molecule has 25 heavy (non-hydrogen) atoms. The Bertz CT molecular complexity index is 765. The number of aromatic nitrogens is 1. The van der Waals surface area contributed by atoms with Crippen LogP contribution in [0, 0.1) is 0 Å². The van der Waals surface area contributed by atoms with Crippen molar-refractivity contribution in [3.05, 3.63) is 35.4 Å². The zero-order chi connectivity index (χ0) is 18.0.